The molecule has 0 radical (unpaired) electrons. The van der Waals surface area contributed by atoms with E-state index < -0.39 is 4.92 Å². The van der Waals surface area contributed by atoms with Gasteiger partial charge in [0.25, 0.3) is 5.69 Å². The summed E-state index contributed by atoms with van der Waals surface area (Å²) < 4.78 is 0. The summed E-state index contributed by atoms with van der Waals surface area (Å²) in [5.74, 6) is -0.183. The average Bonchev–Trinajstić information content (AvgIpc) is 2.60. The van der Waals surface area contributed by atoms with Gasteiger partial charge in [-0.2, -0.15) is 0 Å². The van der Waals surface area contributed by atoms with Gasteiger partial charge in [-0.15, -0.1) is 0 Å². The molecule has 1 aliphatic heterocycles. The number of non-ortho nitro benzene ring substituents is 1. The van der Waals surface area contributed by atoms with E-state index in [1.54, 1.807) is 17.0 Å². The van der Waals surface area contributed by atoms with E-state index in [0.29, 0.717) is 25.2 Å². The standard InChI is InChI=1S/C17H24N4O4/c18-8-7-16(22)19-12-15-5-1-2-9-20(15)17(23)11-13-4-3-6-14(10-13)21(24)25/h3-4,6,10,15H,1-2,5,7-9,11-12,18H2,(H,19,22). The highest BCUT2D eigenvalue weighted by Gasteiger charge is 2.27. The minimum Gasteiger partial charge on any atom is -0.354 e. The number of likely N-dealkylation sites (tertiary alicyclic amines) is 1. The molecule has 1 fully saturated rings. The number of carbonyl (C=O) groups is 2. The number of nitrogens with zero attached hydrogens (tertiary/aromatic N) is 2. The first-order chi connectivity index (χ1) is 12.0. The van der Waals surface area contributed by atoms with Crippen molar-refractivity contribution >= 4 is 17.5 Å². The molecular formula is C17H24N4O4. The molecule has 0 bridgehead atoms. The SMILES string of the molecule is NCCC(=O)NCC1CCCCN1C(=O)Cc1cccc([N+](=O)[O-])c1. The molecule has 1 aliphatic rings. The Kier molecular flexibility index (Phi) is 6.88. The number of carbonyl (C=O) groups excluding carboxylic acids is 2. The summed E-state index contributed by atoms with van der Waals surface area (Å²) in [4.78, 5) is 36.4. The molecule has 8 heteroatoms. The van der Waals surface area contributed by atoms with Crippen LogP contribution < -0.4 is 11.1 Å². The lowest BCUT2D eigenvalue weighted by molar-refractivity contribution is -0.384. The number of nitro benzene ring substituents is 1. The van der Waals surface area contributed by atoms with Crippen LogP contribution in [0.3, 0.4) is 0 Å². The fourth-order valence-corrected chi connectivity index (χ4v) is 3.05. The largest absolute Gasteiger partial charge is 0.354 e. The van der Waals surface area contributed by atoms with Gasteiger partial charge in [-0.1, -0.05) is 12.1 Å². The lowest BCUT2D eigenvalue weighted by Crippen LogP contribution is -2.50. The van der Waals surface area contributed by atoms with E-state index in [-0.39, 0.29) is 36.4 Å². The van der Waals surface area contributed by atoms with Crippen LogP contribution in [0.2, 0.25) is 0 Å². The van der Waals surface area contributed by atoms with Crippen LogP contribution in [0, 0.1) is 10.1 Å². The number of nitrogens with one attached hydrogen (secondary N) is 1. The van der Waals surface area contributed by atoms with Crippen molar-refractivity contribution in [3.63, 3.8) is 0 Å². The number of hydrogen-bond donors (Lipinski definition) is 2. The molecule has 3 N–H and O–H groups in total. The van der Waals surface area contributed by atoms with Gasteiger partial charge in [-0.05, 0) is 24.8 Å². The van der Waals surface area contributed by atoms with Crippen molar-refractivity contribution in [1.29, 1.82) is 0 Å². The summed E-state index contributed by atoms with van der Waals surface area (Å²) in [6.07, 6.45) is 3.17. The quantitative estimate of drug-likeness (QED) is 0.562. The number of nitro groups is 1. The van der Waals surface area contributed by atoms with Crippen LogP contribution in [0.15, 0.2) is 24.3 Å². The van der Waals surface area contributed by atoms with Gasteiger partial charge in [0.05, 0.1) is 11.3 Å². The summed E-state index contributed by atoms with van der Waals surface area (Å²) in [5.41, 5.74) is 5.96. The van der Waals surface area contributed by atoms with Crippen molar-refractivity contribution in [3.8, 4) is 0 Å². The molecule has 0 saturated carbocycles. The van der Waals surface area contributed by atoms with Gasteiger partial charge in [0.2, 0.25) is 11.8 Å². The maximum atomic E-state index is 12.7. The van der Waals surface area contributed by atoms with Gasteiger partial charge in [0.1, 0.15) is 0 Å². The molecule has 25 heavy (non-hydrogen) atoms. The molecule has 0 aliphatic carbocycles. The van der Waals surface area contributed by atoms with E-state index in [0.717, 1.165) is 19.3 Å². The van der Waals surface area contributed by atoms with Crippen molar-refractivity contribution in [3.05, 3.63) is 39.9 Å². The Balaban J connectivity index is 1.98. The third-order valence-electron chi connectivity index (χ3n) is 4.33. The number of hydrogen-bond acceptors (Lipinski definition) is 5. The fraction of sp³-hybridized carbons (Fsp3) is 0.529. The van der Waals surface area contributed by atoms with Crippen LogP contribution in [-0.2, 0) is 16.0 Å². The van der Waals surface area contributed by atoms with Crippen LogP contribution in [-0.4, -0.2) is 47.3 Å². The molecule has 1 heterocycles. The number of nitrogens with two attached hydrogens (primary N) is 1. The van der Waals surface area contributed by atoms with Crippen molar-refractivity contribution in [2.24, 2.45) is 5.73 Å². The number of rotatable bonds is 7. The lowest BCUT2D eigenvalue weighted by atomic mass is 10.0. The van der Waals surface area contributed by atoms with Crippen LogP contribution >= 0.6 is 0 Å². The summed E-state index contributed by atoms with van der Waals surface area (Å²) in [7, 11) is 0. The topological polar surface area (TPSA) is 119 Å². The molecule has 136 valence electrons. The Hall–Kier alpha value is -2.48. The van der Waals surface area contributed by atoms with Crippen molar-refractivity contribution in [2.45, 2.75) is 38.1 Å². The number of amides is 2. The Morgan fingerprint density at radius 1 is 1.36 bits per heavy atom. The summed E-state index contributed by atoms with van der Waals surface area (Å²) >= 11 is 0. The Bertz CT molecular complexity index is 635. The van der Waals surface area contributed by atoms with E-state index in [2.05, 4.69) is 5.32 Å². The minimum atomic E-state index is -0.468. The molecule has 1 aromatic rings. The highest BCUT2D eigenvalue weighted by molar-refractivity contribution is 5.80. The molecule has 8 nitrogen and oxygen atoms in total. The average molecular weight is 348 g/mol. The van der Waals surface area contributed by atoms with Crippen LogP contribution in [0.25, 0.3) is 0 Å². The van der Waals surface area contributed by atoms with E-state index in [1.165, 1.54) is 12.1 Å². The first kappa shape index (κ1) is 18.9. The highest BCUT2D eigenvalue weighted by atomic mass is 16.6. The van der Waals surface area contributed by atoms with Crippen LogP contribution in [0.4, 0.5) is 5.69 Å². The normalized spacial score (nSPS) is 17.2. The first-order valence-corrected chi connectivity index (χ1v) is 8.51. The fourth-order valence-electron chi connectivity index (χ4n) is 3.05. The second kappa shape index (κ2) is 9.12. The molecule has 1 atom stereocenters. The zero-order chi connectivity index (χ0) is 18.2. The maximum Gasteiger partial charge on any atom is 0.269 e. The molecule has 2 rings (SSSR count). The van der Waals surface area contributed by atoms with Crippen molar-refractivity contribution in [2.75, 3.05) is 19.6 Å². The predicted octanol–water partition coefficient (Wildman–Crippen LogP) is 0.983. The lowest BCUT2D eigenvalue weighted by Gasteiger charge is -2.36. The second-order valence-corrected chi connectivity index (χ2v) is 6.18. The predicted molar refractivity (Wildman–Crippen MR) is 92.8 cm³/mol. The zero-order valence-electron chi connectivity index (χ0n) is 14.1. The van der Waals surface area contributed by atoms with Crippen molar-refractivity contribution < 1.29 is 14.5 Å². The molecule has 1 saturated heterocycles. The molecule has 1 aromatic carbocycles. The van der Waals surface area contributed by atoms with Crippen LogP contribution in [0.1, 0.15) is 31.2 Å². The molecule has 2 amide bonds. The second-order valence-electron chi connectivity index (χ2n) is 6.18. The van der Waals surface area contributed by atoms with E-state index in [4.69, 9.17) is 5.73 Å². The first-order valence-electron chi connectivity index (χ1n) is 8.51. The summed E-state index contributed by atoms with van der Waals surface area (Å²) in [6.45, 7) is 1.36. The van der Waals surface area contributed by atoms with Gasteiger partial charge >= 0.3 is 0 Å². The molecular weight excluding hydrogens is 324 g/mol. The molecule has 0 spiro atoms. The van der Waals surface area contributed by atoms with Gasteiger partial charge in [0, 0.05) is 44.2 Å². The minimum absolute atomic E-state index is 0.0189. The summed E-state index contributed by atoms with van der Waals surface area (Å²) in [6, 6.07) is 6.10. The van der Waals surface area contributed by atoms with Crippen LogP contribution in [0.5, 0.6) is 0 Å². The smallest absolute Gasteiger partial charge is 0.269 e. The van der Waals surface area contributed by atoms with Gasteiger partial charge in [-0.3, -0.25) is 19.7 Å². The highest BCUT2D eigenvalue weighted by Crippen LogP contribution is 2.19. The third-order valence-corrected chi connectivity index (χ3v) is 4.33. The van der Waals surface area contributed by atoms with Gasteiger partial charge < -0.3 is 16.0 Å². The Morgan fingerprint density at radius 2 is 2.16 bits per heavy atom. The van der Waals surface area contributed by atoms with E-state index in [1.807, 2.05) is 0 Å². The number of benzene rings is 1. The van der Waals surface area contributed by atoms with Gasteiger partial charge in [-0.25, -0.2) is 0 Å². The van der Waals surface area contributed by atoms with Gasteiger partial charge in [0.15, 0.2) is 0 Å². The third kappa shape index (κ3) is 5.53. The van der Waals surface area contributed by atoms with Crippen molar-refractivity contribution in [1.82, 2.24) is 10.2 Å². The zero-order valence-corrected chi connectivity index (χ0v) is 14.1. The maximum absolute atomic E-state index is 12.7. The molecule has 1 unspecified atom stereocenters. The van der Waals surface area contributed by atoms with E-state index in [9.17, 15) is 19.7 Å². The van der Waals surface area contributed by atoms with E-state index >= 15 is 0 Å². The monoisotopic (exact) mass is 348 g/mol. The summed E-state index contributed by atoms with van der Waals surface area (Å²) in [5, 5.41) is 13.7. The number of piperidine rings is 1. The Labute approximate surface area is 146 Å². The molecule has 0 aromatic heterocycles. The Morgan fingerprint density at radius 3 is 2.88 bits per heavy atom.